The number of nitrogens with one attached hydrogen (secondary N) is 2. The van der Waals surface area contributed by atoms with Gasteiger partial charge in [0.2, 0.25) is 5.91 Å². The third kappa shape index (κ3) is 6.99. The number of esters is 1. The van der Waals surface area contributed by atoms with Gasteiger partial charge in [-0.1, -0.05) is 48.5 Å². The van der Waals surface area contributed by atoms with Crippen molar-refractivity contribution in [1.29, 1.82) is 5.26 Å². The Kier molecular flexibility index (Phi) is 8.20. The molecule has 2 amide bonds. The fourth-order valence-electron chi connectivity index (χ4n) is 2.53. The van der Waals surface area contributed by atoms with Crippen LogP contribution in [0.2, 0.25) is 0 Å². The largest absolute Gasteiger partial charge is 0.467 e. The van der Waals surface area contributed by atoms with Gasteiger partial charge in [-0.2, -0.15) is 5.26 Å². The molecular weight excluding hydrogens is 374 g/mol. The van der Waals surface area contributed by atoms with Crippen molar-refractivity contribution in [2.24, 2.45) is 0 Å². The molecule has 0 saturated heterocycles. The number of hydrogen-bond acceptors (Lipinski definition) is 6. The molecule has 8 heteroatoms. The third-order valence-electron chi connectivity index (χ3n) is 3.99. The molecule has 1 atom stereocenters. The van der Waals surface area contributed by atoms with Gasteiger partial charge in [0, 0.05) is 6.42 Å². The molecule has 0 fully saturated rings. The predicted octanol–water partition coefficient (Wildman–Crippen LogP) is 1.68. The van der Waals surface area contributed by atoms with Crippen LogP contribution in [0.4, 0.5) is 4.79 Å². The zero-order valence-corrected chi connectivity index (χ0v) is 15.9. The predicted molar refractivity (Wildman–Crippen MR) is 103 cm³/mol. The van der Waals surface area contributed by atoms with Gasteiger partial charge in [0.25, 0.3) is 0 Å². The maximum absolute atomic E-state index is 12.1. The fourth-order valence-corrected chi connectivity index (χ4v) is 2.53. The summed E-state index contributed by atoms with van der Waals surface area (Å²) in [5.41, 5.74) is 1.81. The molecule has 2 aromatic carbocycles. The molecule has 2 rings (SSSR count). The van der Waals surface area contributed by atoms with E-state index < -0.39 is 24.0 Å². The van der Waals surface area contributed by atoms with Crippen molar-refractivity contribution in [1.82, 2.24) is 10.6 Å². The minimum absolute atomic E-state index is 0.0734. The van der Waals surface area contributed by atoms with Crippen LogP contribution in [0, 0.1) is 11.3 Å². The molecule has 0 aromatic heterocycles. The van der Waals surface area contributed by atoms with Crippen molar-refractivity contribution in [2.75, 3.05) is 13.7 Å². The molecule has 150 valence electrons. The minimum atomic E-state index is -0.996. The van der Waals surface area contributed by atoms with Gasteiger partial charge in [-0.3, -0.25) is 4.79 Å². The topological polar surface area (TPSA) is 118 Å². The molecule has 2 aromatic rings. The van der Waals surface area contributed by atoms with E-state index in [4.69, 9.17) is 9.47 Å². The number of methoxy groups -OCH3 is 1. The molecule has 0 aliphatic rings. The standard InChI is InChI=1S/C21H21N3O5/c1-28-20(26)18(11-16-9-5-6-10-17(16)12-22)24-19(25)13-23-21(27)29-14-15-7-3-2-4-8-15/h2-10,18H,11,13-14H2,1H3,(H,23,27)(H,24,25)/t18-/m0/s1. The van der Waals surface area contributed by atoms with E-state index in [-0.39, 0.29) is 19.6 Å². The lowest BCUT2D eigenvalue weighted by Crippen LogP contribution is -2.47. The maximum atomic E-state index is 12.1. The van der Waals surface area contributed by atoms with Crippen molar-refractivity contribution in [3.05, 3.63) is 71.3 Å². The van der Waals surface area contributed by atoms with Crippen LogP contribution in [-0.4, -0.2) is 37.7 Å². The van der Waals surface area contributed by atoms with Gasteiger partial charge >= 0.3 is 12.1 Å². The van der Waals surface area contributed by atoms with Crippen molar-refractivity contribution >= 4 is 18.0 Å². The van der Waals surface area contributed by atoms with Gasteiger partial charge in [-0.25, -0.2) is 9.59 Å². The van der Waals surface area contributed by atoms with E-state index in [1.807, 2.05) is 24.3 Å². The number of rotatable bonds is 8. The number of hydrogen-bond donors (Lipinski definition) is 2. The highest BCUT2D eigenvalue weighted by molar-refractivity contribution is 5.87. The molecular formula is C21H21N3O5. The Morgan fingerprint density at radius 3 is 2.45 bits per heavy atom. The lowest BCUT2D eigenvalue weighted by molar-refractivity contribution is -0.144. The Hall–Kier alpha value is -3.86. The zero-order valence-electron chi connectivity index (χ0n) is 15.9. The summed E-state index contributed by atoms with van der Waals surface area (Å²) in [5, 5.41) is 14.0. The van der Waals surface area contributed by atoms with Gasteiger partial charge in [0.1, 0.15) is 19.2 Å². The van der Waals surface area contributed by atoms with E-state index in [1.54, 1.807) is 36.4 Å². The van der Waals surface area contributed by atoms with E-state index in [1.165, 1.54) is 7.11 Å². The van der Waals surface area contributed by atoms with Crippen LogP contribution in [0.25, 0.3) is 0 Å². The molecule has 0 bridgehead atoms. The first-order valence-electron chi connectivity index (χ1n) is 8.83. The number of ether oxygens (including phenoxy) is 2. The van der Waals surface area contributed by atoms with Crippen LogP contribution in [0.3, 0.4) is 0 Å². The molecule has 0 spiro atoms. The molecule has 29 heavy (non-hydrogen) atoms. The number of benzene rings is 2. The Bertz CT molecular complexity index is 893. The van der Waals surface area contributed by atoms with Gasteiger partial charge < -0.3 is 20.1 Å². The van der Waals surface area contributed by atoms with Gasteiger partial charge in [-0.05, 0) is 17.2 Å². The van der Waals surface area contributed by atoms with Crippen molar-refractivity contribution in [2.45, 2.75) is 19.1 Å². The molecule has 2 N–H and O–H groups in total. The van der Waals surface area contributed by atoms with Gasteiger partial charge in [0.15, 0.2) is 0 Å². The molecule has 0 saturated carbocycles. The number of alkyl carbamates (subject to hydrolysis) is 1. The number of nitrogens with zero attached hydrogens (tertiary/aromatic N) is 1. The second-order valence-electron chi connectivity index (χ2n) is 6.03. The zero-order chi connectivity index (χ0) is 21.1. The highest BCUT2D eigenvalue weighted by atomic mass is 16.5. The minimum Gasteiger partial charge on any atom is -0.467 e. The summed E-state index contributed by atoms with van der Waals surface area (Å²) in [6.45, 7) is -0.301. The first-order valence-corrected chi connectivity index (χ1v) is 8.83. The molecule has 8 nitrogen and oxygen atoms in total. The van der Waals surface area contributed by atoms with Gasteiger partial charge in [-0.15, -0.1) is 0 Å². The quantitative estimate of drug-likeness (QED) is 0.657. The van der Waals surface area contributed by atoms with E-state index in [0.29, 0.717) is 11.1 Å². The Labute approximate surface area is 168 Å². The Balaban J connectivity index is 1.87. The number of amides is 2. The maximum Gasteiger partial charge on any atom is 0.407 e. The van der Waals surface area contributed by atoms with Crippen LogP contribution >= 0.6 is 0 Å². The second-order valence-corrected chi connectivity index (χ2v) is 6.03. The van der Waals surface area contributed by atoms with Crippen molar-refractivity contribution in [3.63, 3.8) is 0 Å². The lowest BCUT2D eigenvalue weighted by atomic mass is 10.0. The van der Waals surface area contributed by atoms with Crippen LogP contribution in [0.1, 0.15) is 16.7 Å². The first-order chi connectivity index (χ1) is 14.0. The van der Waals surface area contributed by atoms with Crippen LogP contribution < -0.4 is 10.6 Å². The van der Waals surface area contributed by atoms with E-state index in [2.05, 4.69) is 10.6 Å². The molecule has 0 aliphatic carbocycles. The average Bonchev–Trinajstić information content (AvgIpc) is 2.76. The molecule has 0 unspecified atom stereocenters. The van der Waals surface area contributed by atoms with E-state index >= 15 is 0 Å². The molecule has 0 heterocycles. The van der Waals surface area contributed by atoms with Crippen molar-refractivity contribution in [3.8, 4) is 6.07 Å². The summed E-state index contributed by atoms with van der Waals surface area (Å²) in [5.74, 6) is -1.25. The van der Waals surface area contributed by atoms with Crippen molar-refractivity contribution < 1.29 is 23.9 Å². The SMILES string of the molecule is COC(=O)[C@H](Cc1ccccc1C#N)NC(=O)CNC(=O)OCc1ccccc1. The van der Waals surface area contributed by atoms with Crippen LogP contribution in [-0.2, 0) is 32.1 Å². The smallest absolute Gasteiger partial charge is 0.407 e. The highest BCUT2D eigenvalue weighted by Crippen LogP contribution is 2.11. The van der Waals surface area contributed by atoms with Crippen LogP contribution in [0.5, 0.6) is 0 Å². The van der Waals surface area contributed by atoms with Gasteiger partial charge in [0.05, 0.1) is 18.7 Å². The highest BCUT2D eigenvalue weighted by Gasteiger charge is 2.23. The number of carbonyl (C=O) groups is 3. The fraction of sp³-hybridized carbons (Fsp3) is 0.238. The Morgan fingerprint density at radius 1 is 1.07 bits per heavy atom. The normalized spacial score (nSPS) is 10.9. The summed E-state index contributed by atoms with van der Waals surface area (Å²) in [4.78, 5) is 35.9. The Morgan fingerprint density at radius 2 is 1.76 bits per heavy atom. The van der Waals surface area contributed by atoms with Crippen LogP contribution in [0.15, 0.2) is 54.6 Å². The first kappa shape index (κ1) is 21.4. The summed E-state index contributed by atoms with van der Waals surface area (Å²) in [6.07, 6.45) is -0.672. The lowest BCUT2D eigenvalue weighted by Gasteiger charge is -2.17. The number of carbonyl (C=O) groups excluding carboxylic acids is 3. The van der Waals surface area contributed by atoms with E-state index in [9.17, 15) is 19.6 Å². The molecule has 0 radical (unpaired) electrons. The second kappa shape index (κ2) is 11.1. The number of nitriles is 1. The summed E-state index contributed by atoms with van der Waals surface area (Å²) >= 11 is 0. The third-order valence-corrected chi connectivity index (χ3v) is 3.99. The molecule has 0 aliphatic heterocycles. The summed E-state index contributed by atoms with van der Waals surface area (Å²) in [6, 6.07) is 16.9. The van der Waals surface area contributed by atoms with E-state index in [0.717, 1.165) is 5.56 Å². The summed E-state index contributed by atoms with van der Waals surface area (Å²) < 4.78 is 9.74. The summed E-state index contributed by atoms with van der Waals surface area (Å²) in [7, 11) is 1.21. The monoisotopic (exact) mass is 395 g/mol. The average molecular weight is 395 g/mol.